The number of nitrogens with zero attached hydrogens (tertiary/aromatic N) is 1. The molecule has 1 saturated carbocycles. The van der Waals surface area contributed by atoms with Crippen LogP contribution in [0.25, 0.3) is 0 Å². The van der Waals surface area contributed by atoms with E-state index in [4.69, 9.17) is 9.84 Å². The van der Waals surface area contributed by atoms with E-state index in [-0.39, 0.29) is 24.1 Å². The van der Waals surface area contributed by atoms with E-state index in [0.29, 0.717) is 18.4 Å². The first kappa shape index (κ1) is 12.8. The number of benzene rings is 1. The van der Waals surface area contributed by atoms with E-state index in [1.165, 1.54) is 12.1 Å². The van der Waals surface area contributed by atoms with Crippen molar-refractivity contribution < 1.29 is 19.9 Å². The van der Waals surface area contributed by atoms with Gasteiger partial charge in [0.1, 0.15) is 6.10 Å². The topological polar surface area (TPSA) is 92.8 Å². The summed E-state index contributed by atoms with van der Waals surface area (Å²) in [7, 11) is 0. The van der Waals surface area contributed by atoms with E-state index in [2.05, 4.69) is 0 Å². The first-order chi connectivity index (χ1) is 8.61. The first-order valence-electron chi connectivity index (χ1n) is 5.84. The van der Waals surface area contributed by atoms with Crippen LogP contribution in [0.15, 0.2) is 18.2 Å². The first-order valence-corrected chi connectivity index (χ1v) is 5.84. The summed E-state index contributed by atoms with van der Waals surface area (Å²) < 4.78 is 5.51. The zero-order valence-corrected chi connectivity index (χ0v) is 9.78. The van der Waals surface area contributed by atoms with Gasteiger partial charge in [0.05, 0.1) is 17.6 Å². The van der Waals surface area contributed by atoms with E-state index in [9.17, 15) is 15.2 Å². The predicted octanol–water partition coefficient (Wildman–Crippen LogP) is 1.38. The molecule has 1 aliphatic rings. The molecule has 6 nitrogen and oxygen atoms in total. The highest BCUT2D eigenvalue weighted by Gasteiger charge is 2.29. The Morgan fingerprint density at radius 1 is 1.44 bits per heavy atom. The molecule has 1 aliphatic carbocycles. The van der Waals surface area contributed by atoms with Gasteiger partial charge in [-0.2, -0.15) is 0 Å². The van der Waals surface area contributed by atoms with Crippen molar-refractivity contribution >= 4 is 5.69 Å². The molecule has 0 heterocycles. The van der Waals surface area contributed by atoms with E-state index in [1.54, 1.807) is 6.07 Å². The van der Waals surface area contributed by atoms with Gasteiger partial charge < -0.3 is 14.9 Å². The number of rotatable bonds is 4. The second kappa shape index (κ2) is 5.32. The standard InChI is InChI=1S/C12H15NO5/c14-7-8-4-5-11(9(6-8)13(16)17)18-12-3-1-2-10(12)15/h4-6,10,12,14-15H,1-3,7H2. The summed E-state index contributed by atoms with van der Waals surface area (Å²) in [4.78, 5) is 10.4. The van der Waals surface area contributed by atoms with Gasteiger partial charge in [0.25, 0.3) is 0 Å². The summed E-state index contributed by atoms with van der Waals surface area (Å²) >= 11 is 0. The highest BCUT2D eigenvalue weighted by molar-refractivity contribution is 5.48. The summed E-state index contributed by atoms with van der Waals surface area (Å²) in [6.45, 7) is -0.257. The Morgan fingerprint density at radius 3 is 2.78 bits per heavy atom. The number of aliphatic hydroxyl groups is 2. The Balaban J connectivity index is 2.23. The van der Waals surface area contributed by atoms with E-state index in [0.717, 1.165) is 6.42 Å². The maximum absolute atomic E-state index is 10.9. The highest BCUT2D eigenvalue weighted by atomic mass is 16.6. The lowest BCUT2D eigenvalue weighted by Crippen LogP contribution is -2.25. The number of aliphatic hydroxyl groups excluding tert-OH is 2. The lowest BCUT2D eigenvalue weighted by molar-refractivity contribution is -0.386. The lowest BCUT2D eigenvalue weighted by Gasteiger charge is -2.17. The summed E-state index contributed by atoms with van der Waals surface area (Å²) in [5, 5.41) is 29.5. The molecule has 0 bridgehead atoms. The summed E-state index contributed by atoms with van der Waals surface area (Å²) in [6, 6.07) is 4.33. The van der Waals surface area contributed by atoms with Crippen LogP contribution in [-0.4, -0.2) is 27.3 Å². The van der Waals surface area contributed by atoms with Crippen molar-refractivity contribution in [2.75, 3.05) is 0 Å². The van der Waals surface area contributed by atoms with Crippen molar-refractivity contribution in [3.63, 3.8) is 0 Å². The Bertz CT molecular complexity index is 448. The fraction of sp³-hybridized carbons (Fsp3) is 0.500. The molecule has 1 aromatic carbocycles. The van der Waals surface area contributed by atoms with Crippen LogP contribution in [0.5, 0.6) is 5.75 Å². The van der Waals surface area contributed by atoms with Crippen molar-refractivity contribution in [1.29, 1.82) is 0 Å². The number of hydrogen-bond donors (Lipinski definition) is 2. The smallest absolute Gasteiger partial charge is 0.311 e. The van der Waals surface area contributed by atoms with Gasteiger partial charge in [-0.05, 0) is 30.9 Å². The molecular formula is C12H15NO5. The molecule has 2 N–H and O–H groups in total. The molecular weight excluding hydrogens is 238 g/mol. The largest absolute Gasteiger partial charge is 0.481 e. The second-order valence-corrected chi connectivity index (χ2v) is 4.37. The molecule has 0 amide bonds. The van der Waals surface area contributed by atoms with Crippen molar-refractivity contribution in [1.82, 2.24) is 0 Å². The molecule has 98 valence electrons. The quantitative estimate of drug-likeness (QED) is 0.624. The molecule has 0 saturated heterocycles. The SMILES string of the molecule is O=[N+]([O-])c1cc(CO)ccc1OC1CCCC1O. The number of nitro benzene ring substituents is 1. The number of hydrogen-bond acceptors (Lipinski definition) is 5. The second-order valence-electron chi connectivity index (χ2n) is 4.37. The lowest BCUT2D eigenvalue weighted by atomic mass is 10.2. The fourth-order valence-electron chi connectivity index (χ4n) is 2.11. The van der Waals surface area contributed by atoms with Gasteiger partial charge in [-0.25, -0.2) is 0 Å². The fourth-order valence-corrected chi connectivity index (χ4v) is 2.11. The van der Waals surface area contributed by atoms with Crippen LogP contribution in [0.1, 0.15) is 24.8 Å². The maximum atomic E-state index is 10.9. The highest BCUT2D eigenvalue weighted by Crippen LogP contribution is 2.32. The third-order valence-electron chi connectivity index (χ3n) is 3.10. The third-order valence-corrected chi connectivity index (χ3v) is 3.10. The summed E-state index contributed by atoms with van der Waals surface area (Å²) in [6.07, 6.45) is 1.26. The minimum absolute atomic E-state index is 0.142. The molecule has 6 heteroatoms. The zero-order chi connectivity index (χ0) is 13.1. The molecule has 1 aromatic rings. The predicted molar refractivity (Wildman–Crippen MR) is 63.3 cm³/mol. The van der Waals surface area contributed by atoms with Gasteiger partial charge in [0, 0.05) is 6.07 Å². The number of nitro groups is 1. The van der Waals surface area contributed by atoms with Crippen LogP contribution < -0.4 is 4.74 Å². The molecule has 0 spiro atoms. The average molecular weight is 253 g/mol. The molecule has 0 aromatic heterocycles. The molecule has 18 heavy (non-hydrogen) atoms. The van der Waals surface area contributed by atoms with E-state index >= 15 is 0 Å². The summed E-state index contributed by atoms with van der Waals surface area (Å²) in [5.74, 6) is 0.142. The van der Waals surface area contributed by atoms with Crippen molar-refractivity contribution in [3.05, 3.63) is 33.9 Å². The van der Waals surface area contributed by atoms with E-state index in [1.807, 2.05) is 0 Å². The van der Waals surface area contributed by atoms with Gasteiger partial charge in [0.2, 0.25) is 0 Å². The Labute approximate surface area is 104 Å². The Hall–Kier alpha value is -1.66. The van der Waals surface area contributed by atoms with Crippen LogP contribution >= 0.6 is 0 Å². The minimum Gasteiger partial charge on any atom is -0.481 e. The van der Waals surface area contributed by atoms with Crippen LogP contribution in [0, 0.1) is 10.1 Å². The summed E-state index contributed by atoms with van der Waals surface area (Å²) in [5.41, 5.74) is 0.279. The normalized spacial score (nSPS) is 23.0. The van der Waals surface area contributed by atoms with Crippen molar-refractivity contribution in [3.8, 4) is 5.75 Å². The monoisotopic (exact) mass is 253 g/mol. The van der Waals surface area contributed by atoms with Crippen molar-refractivity contribution in [2.24, 2.45) is 0 Å². The van der Waals surface area contributed by atoms with Gasteiger partial charge >= 0.3 is 5.69 Å². The van der Waals surface area contributed by atoms with Crippen LogP contribution in [0.3, 0.4) is 0 Å². The van der Waals surface area contributed by atoms with E-state index < -0.39 is 11.0 Å². The Morgan fingerprint density at radius 2 is 2.22 bits per heavy atom. The molecule has 1 fully saturated rings. The molecule has 0 radical (unpaired) electrons. The average Bonchev–Trinajstić information content (AvgIpc) is 2.75. The van der Waals surface area contributed by atoms with Gasteiger partial charge in [-0.3, -0.25) is 10.1 Å². The molecule has 2 unspecified atom stereocenters. The van der Waals surface area contributed by atoms with Gasteiger partial charge in [-0.1, -0.05) is 6.07 Å². The molecule has 0 aliphatic heterocycles. The number of ether oxygens (including phenoxy) is 1. The maximum Gasteiger partial charge on any atom is 0.311 e. The van der Waals surface area contributed by atoms with Crippen LogP contribution in [0.4, 0.5) is 5.69 Å². The third kappa shape index (κ3) is 2.60. The van der Waals surface area contributed by atoms with Gasteiger partial charge in [-0.15, -0.1) is 0 Å². The van der Waals surface area contributed by atoms with Crippen molar-refractivity contribution in [2.45, 2.75) is 38.1 Å². The minimum atomic E-state index is -0.567. The zero-order valence-electron chi connectivity index (χ0n) is 9.78. The van der Waals surface area contributed by atoms with Gasteiger partial charge in [0.15, 0.2) is 5.75 Å². The van der Waals surface area contributed by atoms with Crippen LogP contribution in [0.2, 0.25) is 0 Å². The molecule has 2 rings (SSSR count). The van der Waals surface area contributed by atoms with Crippen LogP contribution in [-0.2, 0) is 6.61 Å². The Kier molecular flexibility index (Phi) is 3.78. The molecule has 2 atom stereocenters.